The van der Waals surface area contributed by atoms with Crippen LogP contribution in [-0.4, -0.2) is 40.1 Å². The van der Waals surface area contributed by atoms with Crippen LogP contribution in [0.3, 0.4) is 0 Å². The van der Waals surface area contributed by atoms with Crippen LogP contribution in [0.2, 0.25) is 0 Å². The van der Waals surface area contributed by atoms with E-state index in [2.05, 4.69) is 5.32 Å². The van der Waals surface area contributed by atoms with Gasteiger partial charge in [0.1, 0.15) is 5.54 Å². The Morgan fingerprint density at radius 1 is 1.32 bits per heavy atom. The van der Waals surface area contributed by atoms with Crippen molar-refractivity contribution in [2.24, 2.45) is 5.92 Å². The van der Waals surface area contributed by atoms with E-state index in [0.717, 1.165) is 19.3 Å². The summed E-state index contributed by atoms with van der Waals surface area (Å²) in [5.41, 5.74) is -1.04. The highest BCUT2D eigenvalue weighted by atomic mass is 16.4. The molecule has 1 aliphatic heterocycles. The number of carboxylic acids is 1. The third kappa shape index (κ3) is 2.69. The van der Waals surface area contributed by atoms with E-state index in [1.165, 1.54) is 17.7 Å². The largest absolute Gasteiger partial charge is 0.480 e. The molecule has 2 aliphatic rings. The number of carboxylic acid groups (broad SMARTS) is 1. The summed E-state index contributed by atoms with van der Waals surface area (Å²) in [5.74, 6) is -0.365. The second kappa shape index (κ2) is 5.39. The minimum atomic E-state index is -1.04. The molecule has 19 heavy (non-hydrogen) atoms. The number of nitrogens with one attached hydrogen (secondary N) is 1. The van der Waals surface area contributed by atoms with Crippen molar-refractivity contribution in [2.75, 3.05) is 6.54 Å². The maximum absolute atomic E-state index is 12.3. The summed E-state index contributed by atoms with van der Waals surface area (Å²) in [4.78, 5) is 25.1. The van der Waals surface area contributed by atoms with Crippen molar-refractivity contribution in [3.05, 3.63) is 0 Å². The molecule has 0 radical (unpaired) electrons. The summed E-state index contributed by atoms with van der Waals surface area (Å²) < 4.78 is 0. The molecule has 1 heterocycles. The van der Waals surface area contributed by atoms with Crippen LogP contribution in [0.25, 0.3) is 0 Å². The predicted molar refractivity (Wildman–Crippen MR) is 71.9 cm³/mol. The molecule has 2 unspecified atom stereocenters. The van der Waals surface area contributed by atoms with Crippen LogP contribution in [0.5, 0.6) is 0 Å². The van der Waals surface area contributed by atoms with Gasteiger partial charge >= 0.3 is 12.0 Å². The summed E-state index contributed by atoms with van der Waals surface area (Å²) in [6, 6.07) is -0.0876. The van der Waals surface area contributed by atoms with Crippen molar-refractivity contribution < 1.29 is 14.7 Å². The van der Waals surface area contributed by atoms with Gasteiger partial charge in [0.2, 0.25) is 0 Å². The maximum atomic E-state index is 12.3. The van der Waals surface area contributed by atoms with Gasteiger partial charge in [0.15, 0.2) is 0 Å². The van der Waals surface area contributed by atoms with Crippen molar-refractivity contribution in [3.63, 3.8) is 0 Å². The van der Waals surface area contributed by atoms with E-state index in [0.29, 0.717) is 18.9 Å². The van der Waals surface area contributed by atoms with Gasteiger partial charge in [-0.25, -0.2) is 9.59 Å². The summed E-state index contributed by atoms with van der Waals surface area (Å²) in [6.45, 7) is 4.20. The number of aliphatic carboxylic acids is 1. The molecule has 1 aliphatic carbocycles. The molecule has 2 amide bonds. The Hall–Kier alpha value is -1.26. The van der Waals surface area contributed by atoms with Crippen molar-refractivity contribution in [3.8, 4) is 0 Å². The topological polar surface area (TPSA) is 69.6 Å². The first-order chi connectivity index (χ1) is 8.95. The molecule has 2 N–H and O–H groups in total. The normalized spacial score (nSPS) is 29.5. The number of hydrogen-bond acceptors (Lipinski definition) is 2. The summed E-state index contributed by atoms with van der Waals surface area (Å²) in [6.07, 6.45) is 6.10. The van der Waals surface area contributed by atoms with Crippen LogP contribution in [0.1, 0.15) is 52.4 Å². The Balaban J connectivity index is 1.97. The Bertz CT molecular complexity index is 366. The lowest BCUT2D eigenvalue weighted by Gasteiger charge is -2.33. The predicted octanol–water partition coefficient (Wildman–Crippen LogP) is 2.21. The smallest absolute Gasteiger partial charge is 0.329 e. The third-order valence-corrected chi connectivity index (χ3v) is 4.81. The minimum absolute atomic E-state index is 0.133. The molecule has 0 aromatic rings. The second-order valence-electron chi connectivity index (χ2n) is 6.12. The average molecular weight is 268 g/mol. The molecule has 0 aromatic heterocycles. The van der Waals surface area contributed by atoms with E-state index in [4.69, 9.17) is 0 Å². The van der Waals surface area contributed by atoms with Gasteiger partial charge in [-0.2, -0.15) is 0 Å². The van der Waals surface area contributed by atoms with Crippen molar-refractivity contribution in [1.29, 1.82) is 0 Å². The zero-order chi connectivity index (χ0) is 14.0. The zero-order valence-electron chi connectivity index (χ0n) is 11.8. The number of likely N-dealkylation sites (tertiary alicyclic amines) is 1. The highest BCUT2D eigenvalue weighted by Gasteiger charge is 2.46. The lowest BCUT2D eigenvalue weighted by molar-refractivity contribution is -0.147. The van der Waals surface area contributed by atoms with E-state index >= 15 is 0 Å². The van der Waals surface area contributed by atoms with Gasteiger partial charge in [0, 0.05) is 12.6 Å². The van der Waals surface area contributed by atoms with E-state index in [1.807, 2.05) is 6.92 Å². The van der Waals surface area contributed by atoms with Gasteiger partial charge in [-0.1, -0.05) is 12.8 Å². The molecular formula is C14H24N2O3. The van der Waals surface area contributed by atoms with Gasteiger partial charge in [-0.05, 0) is 45.4 Å². The molecule has 1 saturated heterocycles. The van der Waals surface area contributed by atoms with Crippen LogP contribution >= 0.6 is 0 Å². The fourth-order valence-corrected chi connectivity index (χ4v) is 3.36. The van der Waals surface area contributed by atoms with Crippen molar-refractivity contribution in [2.45, 2.75) is 64.0 Å². The average Bonchev–Trinajstić information content (AvgIpc) is 2.97. The molecule has 2 atom stereocenters. The summed E-state index contributed by atoms with van der Waals surface area (Å²) >= 11 is 0. The lowest BCUT2D eigenvalue weighted by Crippen LogP contribution is -2.56. The molecular weight excluding hydrogens is 244 g/mol. The Morgan fingerprint density at radius 2 is 1.95 bits per heavy atom. The van der Waals surface area contributed by atoms with Crippen LogP contribution in [0.15, 0.2) is 0 Å². The molecule has 0 bridgehead atoms. The van der Waals surface area contributed by atoms with E-state index in [1.54, 1.807) is 6.92 Å². The number of rotatable bonds is 3. The Morgan fingerprint density at radius 3 is 2.53 bits per heavy atom. The Labute approximate surface area is 114 Å². The molecule has 1 saturated carbocycles. The van der Waals surface area contributed by atoms with Crippen LogP contribution in [0, 0.1) is 5.92 Å². The fourth-order valence-electron chi connectivity index (χ4n) is 3.36. The van der Waals surface area contributed by atoms with Crippen molar-refractivity contribution in [1.82, 2.24) is 10.2 Å². The molecule has 5 heteroatoms. The lowest BCUT2D eigenvalue weighted by atomic mass is 9.98. The standard InChI is InChI=1S/C14H24N2O3/c1-10(11-6-3-4-7-11)15-13(19)16-9-5-8-14(16,2)12(17)18/h10-11H,3-9H2,1-2H3,(H,15,19)(H,17,18). The first-order valence-corrected chi connectivity index (χ1v) is 7.26. The monoisotopic (exact) mass is 268 g/mol. The molecule has 2 fully saturated rings. The van der Waals surface area contributed by atoms with Gasteiger partial charge < -0.3 is 15.3 Å². The first kappa shape index (κ1) is 14.2. The number of carbonyl (C=O) groups is 2. The molecule has 108 valence electrons. The number of hydrogen-bond donors (Lipinski definition) is 2. The van der Waals surface area contributed by atoms with Crippen LogP contribution in [-0.2, 0) is 4.79 Å². The van der Waals surface area contributed by atoms with Gasteiger partial charge in [0.05, 0.1) is 0 Å². The number of carbonyl (C=O) groups excluding carboxylic acids is 1. The summed E-state index contributed by atoms with van der Waals surface area (Å²) in [5, 5.41) is 12.3. The maximum Gasteiger partial charge on any atom is 0.329 e. The van der Waals surface area contributed by atoms with Crippen LogP contribution < -0.4 is 5.32 Å². The molecule has 0 spiro atoms. The van der Waals surface area contributed by atoms with E-state index in [9.17, 15) is 14.7 Å². The summed E-state index contributed by atoms with van der Waals surface area (Å²) in [7, 11) is 0. The zero-order valence-corrected chi connectivity index (χ0v) is 11.8. The second-order valence-corrected chi connectivity index (χ2v) is 6.12. The molecule has 0 aromatic carbocycles. The van der Waals surface area contributed by atoms with Crippen LogP contribution in [0.4, 0.5) is 4.79 Å². The Kier molecular flexibility index (Phi) is 4.02. The number of nitrogens with zero attached hydrogens (tertiary/aromatic N) is 1. The minimum Gasteiger partial charge on any atom is -0.480 e. The molecule has 2 rings (SSSR count). The first-order valence-electron chi connectivity index (χ1n) is 7.26. The number of urea groups is 1. The highest BCUT2D eigenvalue weighted by molar-refractivity contribution is 5.86. The van der Waals surface area contributed by atoms with Gasteiger partial charge in [-0.3, -0.25) is 0 Å². The highest BCUT2D eigenvalue weighted by Crippen LogP contribution is 2.31. The molecule has 5 nitrogen and oxygen atoms in total. The SMILES string of the molecule is CC(NC(=O)N1CCCC1(C)C(=O)O)C1CCCC1. The quantitative estimate of drug-likeness (QED) is 0.824. The van der Waals surface area contributed by atoms with E-state index < -0.39 is 11.5 Å². The fraction of sp³-hybridized carbons (Fsp3) is 0.857. The van der Waals surface area contributed by atoms with E-state index in [-0.39, 0.29) is 12.1 Å². The van der Waals surface area contributed by atoms with Crippen molar-refractivity contribution >= 4 is 12.0 Å². The van der Waals surface area contributed by atoms with Gasteiger partial charge in [-0.15, -0.1) is 0 Å². The third-order valence-electron chi connectivity index (χ3n) is 4.81. The number of amides is 2. The van der Waals surface area contributed by atoms with Gasteiger partial charge in [0.25, 0.3) is 0 Å².